The van der Waals surface area contributed by atoms with Gasteiger partial charge in [0.05, 0.1) is 6.10 Å². The monoisotopic (exact) mass is 376 g/mol. The van der Waals surface area contributed by atoms with Crippen molar-refractivity contribution in [3.8, 4) is 0 Å². The van der Waals surface area contributed by atoms with E-state index >= 15 is 0 Å². The van der Waals surface area contributed by atoms with Gasteiger partial charge < -0.3 is 14.9 Å². The van der Waals surface area contributed by atoms with Gasteiger partial charge in [-0.3, -0.25) is 23.9 Å². The van der Waals surface area contributed by atoms with Gasteiger partial charge in [0.1, 0.15) is 6.54 Å². The highest BCUT2D eigenvalue weighted by Crippen LogP contribution is 2.59. The van der Waals surface area contributed by atoms with E-state index in [9.17, 15) is 24.3 Å². The van der Waals surface area contributed by atoms with Crippen LogP contribution in [0.5, 0.6) is 0 Å². The van der Waals surface area contributed by atoms with Gasteiger partial charge in [0, 0.05) is 44.4 Å². The average molecular weight is 376 g/mol. The molecule has 0 aromatic carbocycles. The van der Waals surface area contributed by atoms with Crippen LogP contribution >= 0.6 is 0 Å². The predicted molar refractivity (Wildman–Crippen MR) is 94.9 cm³/mol. The van der Waals surface area contributed by atoms with Crippen molar-refractivity contribution in [3.05, 3.63) is 33.1 Å². The van der Waals surface area contributed by atoms with E-state index in [0.29, 0.717) is 26.2 Å². The van der Waals surface area contributed by atoms with Gasteiger partial charge in [-0.25, -0.2) is 4.79 Å². The number of carbonyl (C=O) groups excluding carboxylic acids is 2. The van der Waals surface area contributed by atoms with E-state index in [-0.39, 0.29) is 35.8 Å². The molecule has 3 fully saturated rings. The number of aliphatic hydroxyl groups excluding tert-OH is 1. The second kappa shape index (κ2) is 6.63. The minimum atomic E-state index is -0.607. The molecule has 146 valence electrons. The SMILES string of the molecule is O=C(Cn1ccc(=O)[nH]c1=O)N1CCN(C(=O)C2CC3(CC(O)C3)C2)CC1. The van der Waals surface area contributed by atoms with Gasteiger partial charge in [-0.2, -0.15) is 0 Å². The van der Waals surface area contributed by atoms with Crippen LogP contribution in [0.4, 0.5) is 0 Å². The Hall–Kier alpha value is -2.42. The number of aromatic nitrogens is 2. The fraction of sp³-hybridized carbons (Fsp3) is 0.667. The summed E-state index contributed by atoms with van der Waals surface area (Å²) in [5.74, 6) is 0.00717. The first-order valence-electron chi connectivity index (χ1n) is 9.40. The van der Waals surface area contributed by atoms with Crippen molar-refractivity contribution in [3.63, 3.8) is 0 Å². The molecule has 1 saturated heterocycles. The van der Waals surface area contributed by atoms with E-state index in [1.807, 2.05) is 4.90 Å². The van der Waals surface area contributed by atoms with Crippen molar-refractivity contribution < 1.29 is 14.7 Å². The van der Waals surface area contributed by atoms with Crippen molar-refractivity contribution >= 4 is 11.8 Å². The summed E-state index contributed by atoms with van der Waals surface area (Å²) in [6.07, 6.45) is 4.51. The summed E-state index contributed by atoms with van der Waals surface area (Å²) in [5.41, 5.74) is -0.892. The summed E-state index contributed by atoms with van der Waals surface area (Å²) in [6.45, 7) is 1.75. The Kier molecular flexibility index (Phi) is 4.41. The van der Waals surface area contributed by atoms with Crippen LogP contribution in [0.1, 0.15) is 25.7 Å². The molecule has 2 amide bonds. The number of carbonyl (C=O) groups is 2. The van der Waals surface area contributed by atoms with Crippen molar-refractivity contribution in [1.82, 2.24) is 19.4 Å². The number of amides is 2. The molecule has 1 aliphatic heterocycles. The molecule has 2 heterocycles. The summed E-state index contributed by atoms with van der Waals surface area (Å²) in [5, 5.41) is 9.47. The first-order chi connectivity index (χ1) is 12.8. The molecule has 1 spiro atoms. The van der Waals surface area contributed by atoms with Crippen LogP contribution in [-0.4, -0.2) is 68.6 Å². The van der Waals surface area contributed by atoms with Crippen molar-refractivity contribution in [1.29, 1.82) is 0 Å². The maximum absolute atomic E-state index is 12.6. The van der Waals surface area contributed by atoms with Crippen molar-refractivity contribution in [2.24, 2.45) is 11.3 Å². The number of aliphatic hydroxyl groups is 1. The average Bonchev–Trinajstić information content (AvgIpc) is 2.59. The first-order valence-corrected chi connectivity index (χ1v) is 9.40. The van der Waals surface area contributed by atoms with Crippen LogP contribution in [0, 0.1) is 11.3 Å². The lowest BCUT2D eigenvalue weighted by atomic mass is 9.50. The van der Waals surface area contributed by atoms with E-state index in [0.717, 1.165) is 25.7 Å². The largest absolute Gasteiger partial charge is 0.393 e. The Morgan fingerprint density at radius 1 is 1.07 bits per heavy atom. The van der Waals surface area contributed by atoms with Gasteiger partial charge in [0.25, 0.3) is 5.56 Å². The molecule has 4 rings (SSSR count). The fourth-order valence-corrected chi connectivity index (χ4v) is 4.68. The third-order valence-electron chi connectivity index (χ3n) is 6.19. The Bertz CT molecular complexity index is 853. The third-order valence-corrected chi connectivity index (χ3v) is 6.19. The smallest absolute Gasteiger partial charge is 0.328 e. The highest BCUT2D eigenvalue weighted by Gasteiger charge is 2.55. The van der Waals surface area contributed by atoms with Gasteiger partial charge in [0.2, 0.25) is 11.8 Å². The van der Waals surface area contributed by atoms with Crippen LogP contribution < -0.4 is 11.2 Å². The van der Waals surface area contributed by atoms with Crippen LogP contribution in [0.2, 0.25) is 0 Å². The zero-order valence-corrected chi connectivity index (χ0v) is 15.1. The highest BCUT2D eigenvalue weighted by molar-refractivity contribution is 5.81. The number of rotatable bonds is 3. The van der Waals surface area contributed by atoms with Crippen molar-refractivity contribution in [2.45, 2.75) is 38.3 Å². The summed E-state index contributed by atoms with van der Waals surface area (Å²) in [4.78, 5) is 53.4. The topological polar surface area (TPSA) is 116 Å². The van der Waals surface area contributed by atoms with E-state index in [2.05, 4.69) is 4.98 Å². The predicted octanol–water partition coefficient (Wildman–Crippen LogP) is -1.24. The molecule has 0 unspecified atom stereocenters. The Balaban J connectivity index is 1.26. The number of nitrogens with zero attached hydrogens (tertiary/aromatic N) is 3. The molecule has 0 bridgehead atoms. The first kappa shape index (κ1) is 18.0. The molecule has 1 aromatic heterocycles. The lowest BCUT2D eigenvalue weighted by Gasteiger charge is -2.56. The molecule has 0 atom stereocenters. The van der Waals surface area contributed by atoms with Gasteiger partial charge in [-0.1, -0.05) is 0 Å². The molecule has 0 radical (unpaired) electrons. The number of hydrogen-bond donors (Lipinski definition) is 2. The Labute approximate surface area is 155 Å². The third kappa shape index (κ3) is 3.43. The van der Waals surface area contributed by atoms with Gasteiger partial charge in [-0.05, 0) is 31.1 Å². The zero-order chi connectivity index (χ0) is 19.2. The van der Waals surface area contributed by atoms with Crippen LogP contribution in [0.25, 0.3) is 0 Å². The maximum atomic E-state index is 12.6. The summed E-state index contributed by atoms with van der Waals surface area (Å²) in [6, 6.07) is 1.21. The summed E-state index contributed by atoms with van der Waals surface area (Å²) < 4.78 is 1.17. The second-order valence-corrected chi connectivity index (χ2v) is 8.11. The number of nitrogens with one attached hydrogen (secondary N) is 1. The van der Waals surface area contributed by atoms with Crippen LogP contribution in [0.15, 0.2) is 21.9 Å². The summed E-state index contributed by atoms with van der Waals surface area (Å²) >= 11 is 0. The zero-order valence-electron chi connectivity index (χ0n) is 15.1. The lowest BCUT2D eigenvalue weighted by molar-refractivity contribution is -0.160. The van der Waals surface area contributed by atoms with E-state index in [1.165, 1.54) is 16.8 Å². The molecule has 9 nitrogen and oxygen atoms in total. The van der Waals surface area contributed by atoms with Gasteiger partial charge in [-0.15, -0.1) is 0 Å². The second-order valence-electron chi connectivity index (χ2n) is 8.11. The minimum Gasteiger partial charge on any atom is -0.393 e. The van der Waals surface area contributed by atoms with E-state index in [4.69, 9.17) is 0 Å². The Morgan fingerprint density at radius 3 is 2.30 bits per heavy atom. The van der Waals surface area contributed by atoms with E-state index in [1.54, 1.807) is 4.90 Å². The molecule has 3 aliphatic rings. The minimum absolute atomic E-state index is 0.0551. The highest BCUT2D eigenvalue weighted by atomic mass is 16.3. The lowest BCUT2D eigenvalue weighted by Crippen LogP contribution is -2.57. The number of aromatic amines is 1. The fourth-order valence-electron chi connectivity index (χ4n) is 4.68. The molecule has 2 aliphatic carbocycles. The van der Waals surface area contributed by atoms with Crippen LogP contribution in [-0.2, 0) is 16.1 Å². The van der Waals surface area contributed by atoms with Crippen molar-refractivity contribution in [2.75, 3.05) is 26.2 Å². The number of H-pyrrole nitrogens is 1. The molecule has 2 N–H and O–H groups in total. The molecule has 1 aromatic rings. The number of piperazine rings is 1. The quantitative estimate of drug-likeness (QED) is 0.685. The molecule has 2 saturated carbocycles. The van der Waals surface area contributed by atoms with Gasteiger partial charge >= 0.3 is 5.69 Å². The van der Waals surface area contributed by atoms with E-state index < -0.39 is 11.2 Å². The normalized spacial score (nSPS) is 30.0. The maximum Gasteiger partial charge on any atom is 0.328 e. The van der Waals surface area contributed by atoms with Gasteiger partial charge in [0.15, 0.2) is 0 Å². The number of hydrogen-bond acceptors (Lipinski definition) is 5. The molecular weight excluding hydrogens is 352 g/mol. The summed E-state index contributed by atoms with van der Waals surface area (Å²) in [7, 11) is 0. The molecular formula is C18H24N4O5. The molecule has 27 heavy (non-hydrogen) atoms. The standard InChI is InChI=1S/C18H24N4O5/c23-13-9-18(10-13)7-12(8-18)16(26)21-5-3-20(4-6-21)15(25)11-22-2-1-14(24)19-17(22)27/h1-2,12-13,23H,3-11H2,(H,19,24,27). The molecule has 9 heteroatoms. The Morgan fingerprint density at radius 2 is 1.70 bits per heavy atom. The van der Waals surface area contributed by atoms with Crippen LogP contribution in [0.3, 0.4) is 0 Å².